The first-order valence-electron chi connectivity index (χ1n) is 5.40. The third-order valence-corrected chi connectivity index (χ3v) is 3.00. The van der Waals surface area contributed by atoms with Gasteiger partial charge in [0.25, 0.3) is 0 Å². The van der Waals surface area contributed by atoms with Gasteiger partial charge in [-0.05, 0) is 0 Å². The Labute approximate surface area is 98.4 Å². The van der Waals surface area contributed by atoms with Gasteiger partial charge in [-0.2, -0.15) is 0 Å². The third-order valence-electron chi connectivity index (χ3n) is 3.00. The summed E-state index contributed by atoms with van der Waals surface area (Å²) in [5.41, 5.74) is -0.816. The predicted octanol–water partition coefficient (Wildman–Crippen LogP) is 2.26. The average molecular weight is 229 g/mol. The lowest BCUT2D eigenvalue weighted by molar-refractivity contribution is -0.693. The Balaban J connectivity index is 0.00000225. The number of nitroso groups, excluding NO2 is 1. The van der Waals surface area contributed by atoms with Crippen molar-refractivity contribution < 1.29 is 9.55 Å². The molecule has 1 amide bonds. The Hall–Kier alpha value is -0.930. The van der Waals surface area contributed by atoms with Crippen molar-refractivity contribution >= 4 is 5.91 Å². The maximum absolute atomic E-state index is 12.0. The molecule has 4 nitrogen and oxygen atoms in total. The normalized spacial score (nSPS) is 23.4. The highest BCUT2D eigenvalue weighted by atomic mass is 16.3. The fraction of sp³-hybridized carbons (Fsp3) is 0.917. The first-order valence-corrected chi connectivity index (χ1v) is 5.40. The molecule has 0 radical (unpaired) electrons. The van der Waals surface area contributed by atoms with Crippen molar-refractivity contribution in [3.05, 3.63) is 4.91 Å². The van der Waals surface area contributed by atoms with Gasteiger partial charge in [-0.25, -0.2) is 0 Å². The van der Waals surface area contributed by atoms with E-state index in [1.54, 1.807) is 0 Å². The van der Waals surface area contributed by atoms with E-state index < -0.39 is 11.1 Å². The zero-order valence-electron chi connectivity index (χ0n) is 10.3. The highest BCUT2D eigenvalue weighted by Gasteiger charge is 2.53. The van der Waals surface area contributed by atoms with Gasteiger partial charge < -0.3 is 5.32 Å². The molecule has 94 valence electrons. The molecule has 1 heterocycles. The van der Waals surface area contributed by atoms with Crippen LogP contribution in [0.2, 0.25) is 0 Å². The van der Waals surface area contributed by atoms with Crippen LogP contribution >= 0.6 is 0 Å². The zero-order chi connectivity index (χ0) is 11.9. The lowest BCUT2D eigenvalue weighted by atomic mass is 9.79. The first kappa shape index (κ1) is 15.1. The molecule has 0 aliphatic carbocycles. The second-order valence-corrected chi connectivity index (χ2v) is 5.72. The van der Waals surface area contributed by atoms with Crippen molar-refractivity contribution in [3.63, 3.8) is 0 Å². The Morgan fingerprint density at radius 3 is 1.88 bits per heavy atom. The van der Waals surface area contributed by atoms with E-state index in [1.807, 2.05) is 27.7 Å². The standard InChI is InChI=1S/C11H20N2O2.CH4/c1-8(14)12-9-6-10(2,3)13(15)11(4,5)7-9;/h9H,6-7H2,1-5H3;1H4/p+1. The van der Waals surface area contributed by atoms with Crippen molar-refractivity contribution in [2.45, 2.75) is 72.0 Å². The number of nitrogens with zero attached hydrogens (tertiary/aromatic N) is 1. The highest BCUT2D eigenvalue weighted by molar-refractivity contribution is 5.73. The molecule has 0 spiro atoms. The minimum Gasteiger partial charge on any atom is -0.353 e. The number of amides is 1. The molecule has 0 bridgehead atoms. The Morgan fingerprint density at radius 1 is 1.19 bits per heavy atom. The second kappa shape index (κ2) is 4.52. The van der Waals surface area contributed by atoms with Crippen molar-refractivity contribution in [1.82, 2.24) is 5.32 Å². The molecule has 1 aliphatic heterocycles. The summed E-state index contributed by atoms with van der Waals surface area (Å²) in [6, 6.07) is 0.109. The van der Waals surface area contributed by atoms with Gasteiger partial charge in [0.1, 0.15) is 0 Å². The molecule has 0 aromatic heterocycles. The number of piperidine rings is 1. The fourth-order valence-electron chi connectivity index (χ4n) is 2.65. The van der Waals surface area contributed by atoms with Crippen molar-refractivity contribution in [2.24, 2.45) is 0 Å². The van der Waals surface area contributed by atoms with Crippen molar-refractivity contribution in [2.75, 3.05) is 0 Å². The number of hydrogen-bond donors (Lipinski definition) is 1. The summed E-state index contributed by atoms with van der Waals surface area (Å²) in [5, 5.41) is 2.91. The second-order valence-electron chi connectivity index (χ2n) is 5.72. The number of carbonyl (C=O) groups is 1. The quantitative estimate of drug-likeness (QED) is 0.701. The molecule has 0 atom stereocenters. The van der Waals surface area contributed by atoms with Crippen LogP contribution in [0.5, 0.6) is 0 Å². The van der Waals surface area contributed by atoms with Gasteiger partial charge in [-0.1, -0.05) is 7.43 Å². The Kier molecular flexibility index (Phi) is 4.25. The van der Waals surface area contributed by atoms with Crippen LogP contribution in [0.1, 0.15) is 54.9 Å². The van der Waals surface area contributed by atoms with Gasteiger partial charge in [0.05, 0.1) is 0 Å². The highest BCUT2D eigenvalue weighted by Crippen LogP contribution is 2.34. The van der Waals surface area contributed by atoms with Gasteiger partial charge in [-0.3, -0.25) is 4.79 Å². The van der Waals surface area contributed by atoms with Crippen LogP contribution in [0.4, 0.5) is 0 Å². The molecule has 0 aromatic rings. The van der Waals surface area contributed by atoms with E-state index in [0.717, 1.165) is 4.76 Å². The van der Waals surface area contributed by atoms with E-state index in [2.05, 4.69) is 5.32 Å². The van der Waals surface area contributed by atoms with Crippen LogP contribution in [0.3, 0.4) is 0 Å². The molecule has 1 fully saturated rings. The molecule has 1 saturated heterocycles. The number of carbonyl (C=O) groups excluding carboxylic acids is 1. The number of hydrogen-bond acceptors (Lipinski definition) is 2. The minimum atomic E-state index is -0.408. The van der Waals surface area contributed by atoms with E-state index >= 15 is 0 Å². The van der Waals surface area contributed by atoms with Gasteiger partial charge in [-0.15, -0.1) is 0 Å². The molecule has 4 heteroatoms. The summed E-state index contributed by atoms with van der Waals surface area (Å²) in [6.07, 6.45) is 1.42. The summed E-state index contributed by atoms with van der Waals surface area (Å²) in [7, 11) is 0. The van der Waals surface area contributed by atoms with Crippen LogP contribution in [0.25, 0.3) is 0 Å². The Bertz CT molecular complexity index is 275. The van der Waals surface area contributed by atoms with E-state index in [1.165, 1.54) is 6.92 Å². The van der Waals surface area contributed by atoms with Gasteiger partial charge in [0.15, 0.2) is 0 Å². The smallest absolute Gasteiger partial charge is 0.217 e. The van der Waals surface area contributed by atoms with Crippen LogP contribution in [0.15, 0.2) is 0 Å². The van der Waals surface area contributed by atoms with Gasteiger partial charge in [0, 0.05) is 63.2 Å². The monoisotopic (exact) mass is 229 g/mol. The lowest BCUT2D eigenvalue weighted by Crippen LogP contribution is -2.58. The van der Waals surface area contributed by atoms with Gasteiger partial charge >= 0.3 is 0 Å². The van der Waals surface area contributed by atoms with Crippen LogP contribution in [0, 0.1) is 4.91 Å². The predicted molar refractivity (Wildman–Crippen MR) is 65.4 cm³/mol. The van der Waals surface area contributed by atoms with E-state index in [4.69, 9.17) is 0 Å². The zero-order valence-corrected chi connectivity index (χ0v) is 10.3. The summed E-state index contributed by atoms with van der Waals surface area (Å²) < 4.78 is 1.16. The van der Waals surface area contributed by atoms with E-state index in [9.17, 15) is 9.70 Å². The van der Waals surface area contributed by atoms with E-state index in [-0.39, 0.29) is 19.4 Å². The molecule has 0 unspecified atom stereocenters. The topological polar surface area (TPSA) is 49.2 Å². The molecule has 0 saturated carbocycles. The molecule has 1 aliphatic rings. The number of rotatable bonds is 1. The molecule has 16 heavy (non-hydrogen) atoms. The molecular weight excluding hydrogens is 204 g/mol. The SMILES string of the molecule is C.CC(=O)NC1CC(C)(C)[N+](=O)C(C)(C)C1. The molecule has 1 N–H and O–H groups in total. The molecular formula is C12H25N2O2+. The largest absolute Gasteiger partial charge is 0.353 e. The average Bonchev–Trinajstić information content (AvgIpc) is 1.97. The number of nitrogens with one attached hydrogen (secondary N) is 1. The summed E-state index contributed by atoms with van der Waals surface area (Å²) in [5.74, 6) is -0.0223. The molecule has 0 aromatic carbocycles. The third kappa shape index (κ3) is 3.03. The van der Waals surface area contributed by atoms with Crippen LogP contribution in [-0.4, -0.2) is 27.8 Å². The maximum Gasteiger partial charge on any atom is 0.217 e. The summed E-state index contributed by atoms with van der Waals surface area (Å²) in [4.78, 5) is 23.0. The van der Waals surface area contributed by atoms with Crippen LogP contribution in [-0.2, 0) is 4.79 Å². The van der Waals surface area contributed by atoms with Gasteiger partial charge in [0.2, 0.25) is 17.0 Å². The maximum atomic E-state index is 12.0. The van der Waals surface area contributed by atoms with Crippen molar-refractivity contribution in [3.8, 4) is 0 Å². The first-order chi connectivity index (χ1) is 6.65. The van der Waals surface area contributed by atoms with Crippen LogP contribution < -0.4 is 5.32 Å². The summed E-state index contributed by atoms with van der Waals surface area (Å²) in [6.45, 7) is 9.22. The Morgan fingerprint density at radius 2 is 1.56 bits per heavy atom. The van der Waals surface area contributed by atoms with E-state index in [0.29, 0.717) is 12.8 Å². The van der Waals surface area contributed by atoms with Crippen molar-refractivity contribution in [1.29, 1.82) is 0 Å². The minimum absolute atomic E-state index is 0. The summed E-state index contributed by atoms with van der Waals surface area (Å²) >= 11 is 0. The lowest BCUT2D eigenvalue weighted by Gasteiger charge is -2.36. The molecule has 1 rings (SSSR count). The fourth-order valence-corrected chi connectivity index (χ4v) is 2.65.